The van der Waals surface area contributed by atoms with E-state index < -0.39 is 5.60 Å². The quantitative estimate of drug-likeness (QED) is 0.139. The van der Waals surface area contributed by atoms with Gasteiger partial charge in [0.2, 0.25) is 0 Å². The third-order valence-electron chi connectivity index (χ3n) is 11.5. The minimum atomic E-state index is -0.875. The number of nitrogens with zero attached hydrogens (tertiary/aromatic N) is 2. The number of fused-ring (bicyclic) bond motifs is 11. The minimum Gasteiger partial charge on any atom is -0.472 e. The lowest BCUT2D eigenvalue weighted by Gasteiger charge is -2.39. The highest BCUT2D eigenvalue weighted by Crippen LogP contribution is 2.58. The van der Waals surface area contributed by atoms with Crippen LogP contribution in [-0.2, 0) is 15.8 Å². The Morgan fingerprint density at radius 1 is 0.686 bits per heavy atom. The van der Waals surface area contributed by atoms with Crippen LogP contribution in [0.4, 0.5) is 11.4 Å². The summed E-state index contributed by atoms with van der Waals surface area (Å²) in [4.78, 5) is 6.18. The molecule has 0 N–H and O–H groups in total. The average molecular weight is 661 g/mol. The number of benzene rings is 7. The van der Waals surface area contributed by atoms with Gasteiger partial charge in [0.25, 0.3) is 0 Å². The lowest BCUT2D eigenvalue weighted by atomic mass is 9.76. The molecule has 0 spiro atoms. The van der Waals surface area contributed by atoms with Crippen LogP contribution in [0.1, 0.15) is 41.7 Å². The van der Waals surface area contributed by atoms with E-state index in [-0.39, 0.29) is 5.41 Å². The van der Waals surface area contributed by atoms with E-state index in [0.717, 1.165) is 54.1 Å². The first-order valence-corrected chi connectivity index (χ1v) is 17.8. The van der Waals surface area contributed by atoms with E-state index in [9.17, 15) is 0 Å². The van der Waals surface area contributed by atoms with Crippen LogP contribution in [0.25, 0.3) is 54.4 Å². The second-order valence-corrected chi connectivity index (χ2v) is 14.5. The Kier molecular flexibility index (Phi) is 6.50. The summed E-state index contributed by atoms with van der Waals surface area (Å²) in [6, 6.07) is 43.7. The molecule has 2 aliphatic heterocycles. The van der Waals surface area contributed by atoms with Crippen LogP contribution in [0.3, 0.4) is 0 Å². The molecule has 51 heavy (non-hydrogen) atoms. The Hall–Kier alpha value is -5.89. The molecule has 0 radical (unpaired) electrons. The van der Waals surface area contributed by atoms with Gasteiger partial charge in [0.1, 0.15) is 5.75 Å². The molecule has 0 aromatic heterocycles. The van der Waals surface area contributed by atoms with Crippen LogP contribution in [0.15, 0.2) is 127 Å². The van der Waals surface area contributed by atoms with Gasteiger partial charge in [-0.3, -0.25) is 0 Å². The summed E-state index contributed by atoms with van der Waals surface area (Å²) < 4.78 is 13.3. The highest BCUT2D eigenvalue weighted by atomic mass is 16.5. The standard InChI is InChI=1S/C47H36N2O2/c1-46(2)42-29-34(48-3)17-21-40(42)43-38-10-6-7-11-39(38)45-41(44(43)46)22-23-47(51-45,32-14-18-35(19-15-32)49-24-26-50-27-25-49)33-16-20-37-31(28-33)13-12-30-8-4-5-9-36(30)37/h4-23,28-29H,24-27H2,1-2H3. The summed E-state index contributed by atoms with van der Waals surface area (Å²) in [6.45, 7) is 15.6. The average Bonchev–Trinajstić information content (AvgIpc) is 3.43. The highest BCUT2D eigenvalue weighted by molar-refractivity contribution is 6.09. The number of ether oxygens (including phenoxy) is 2. The maximum absolute atomic E-state index is 7.73. The summed E-state index contributed by atoms with van der Waals surface area (Å²) in [5, 5.41) is 7.17. The van der Waals surface area contributed by atoms with Crippen molar-refractivity contribution in [2.75, 3.05) is 31.2 Å². The molecule has 0 bridgehead atoms. The molecule has 0 amide bonds. The Bertz CT molecular complexity index is 2640. The van der Waals surface area contributed by atoms with Crippen molar-refractivity contribution < 1.29 is 9.47 Å². The molecule has 10 rings (SSSR count). The second-order valence-electron chi connectivity index (χ2n) is 14.5. The van der Waals surface area contributed by atoms with Crippen LogP contribution in [0, 0.1) is 6.57 Å². The third kappa shape index (κ3) is 4.35. The van der Waals surface area contributed by atoms with Crippen LogP contribution in [-0.4, -0.2) is 26.3 Å². The summed E-state index contributed by atoms with van der Waals surface area (Å²) in [6.07, 6.45) is 4.59. The number of hydrogen-bond acceptors (Lipinski definition) is 3. The van der Waals surface area contributed by atoms with Gasteiger partial charge in [-0.1, -0.05) is 123 Å². The van der Waals surface area contributed by atoms with Crippen molar-refractivity contribution in [2.24, 2.45) is 0 Å². The topological polar surface area (TPSA) is 26.1 Å². The molecular formula is C47H36N2O2. The first-order valence-electron chi connectivity index (χ1n) is 17.8. The predicted octanol–water partition coefficient (Wildman–Crippen LogP) is 11.2. The van der Waals surface area contributed by atoms with Crippen molar-refractivity contribution in [3.63, 3.8) is 0 Å². The summed E-state index contributed by atoms with van der Waals surface area (Å²) in [7, 11) is 0. The zero-order valence-corrected chi connectivity index (χ0v) is 28.7. The van der Waals surface area contributed by atoms with Gasteiger partial charge in [0.05, 0.1) is 19.8 Å². The Morgan fingerprint density at radius 3 is 2.20 bits per heavy atom. The largest absolute Gasteiger partial charge is 0.472 e. The molecular weight excluding hydrogens is 625 g/mol. The first kappa shape index (κ1) is 30.0. The van der Waals surface area contributed by atoms with Crippen LogP contribution in [0.2, 0.25) is 0 Å². The lowest BCUT2D eigenvalue weighted by molar-refractivity contribution is 0.122. The van der Waals surface area contributed by atoms with Gasteiger partial charge < -0.3 is 14.4 Å². The summed E-state index contributed by atoms with van der Waals surface area (Å²) in [5.41, 5.74) is 8.84. The van der Waals surface area contributed by atoms with Crippen molar-refractivity contribution in [3.05, 3.63) is 167 Å². The molecule has 7 aromatic rings. The minimum absolute atomic E-state index is 0.322. The van der Waals surface area contributed by atoms with E-state index in [0.29, 0.717) is 5.69 Å². The van der Waals surface area contributed by atoms with Gasteiger partial charge in [-0.05, 0) is 73.5 Å². The fraction of sp³-hybridized carbons (Fsp3) is 0.170. The van der Waals surface area contributed by atoms with Crippen molar-refractivity contribution in [2.45, 2.75) is 24.9 Å². The van der Waals surface area contributed by atoms with E-state index in [2.05, 4.69) is 151 Å². The molecule has 1 fully saturated rings. The zero-order chi connectivity index (χ0) is 34.3. The van der Waals surface area contributed by atoms with Gasteiger partial charge in [-0.15, -0.1) is 0 Å². The predicted molar refractivity (Wildman–Crippen MR) is 209 cm³/mol. The van der Waals surface area contributed by atoms with E-state index in [1.807, 2.05) is 6.07 Å². The molecule has 7 aromatic carbocycles. The van der Waals surface area contributed by atoms with Crippen molar-refractivity contribution in [3.8, 4) is 16.9 Å². The van der Waals surface area contributed by atoms with Crippen LogP contribution >= 0.6 is 0 Å². The molecule has 1 unspecified atom stereocenters. The van der Waals surface area contributed by atoms with E-state index in [4.69, 9.17) is 16.0 Å². The molecule has 1 aliphatic carbocycles. The second kappa shape index (κ2) is 11.1. The smallest absolute Gasteiger partial charge is 0.187 e. The molecule has 3 aliphatic rings. The SMILES string of the molecule is [C-]#[N+]c1ccc2c(c1)C(C)(C)c1c3c(c4ccccc4c1-2)OC(c1ccc(N2CCOCC2)cc1)(c1ccc2c(ccc4ccccc42)c1)C=C3. The molecule has 2 heterocycles. The Morgan fingerprint density at radius 2 is 1.39 bits per heavy atom. The molecule has 246 valence electrons. The first-order chi connectivity index (χ1) is 25.0. The van der Waals surface area contributed by atoms with Gasteiger partial charge in [-0.25, -0.2) is 4.85 Å². The number of anilines is 1. The number of hydrogen-bond donors (Lipinski definition) is 0. The maximum Gasteiger partial charge on any atom is 0.187 e. The molecule has 0 saturated carbocycles. The van der Waals surface area contributed by atoms with E-state index in [1.165, 1.54) is 54.9 Å². The lowest BCUT2D eigenvalue weighted by Crippen LogP contribution is -2.37. The van der Waals surface area contributed by atoms with Crippen molar-refractivity contribution in [1.82, 2.24) is 0 Å². The van der Waals surface area contributed by atoms with Crippen molar-refractivity contribution >= 4 is 49.8 Å². The Labute approximate surface area is 298 Å². The molecule has 4 nitrogen and oxygen atoms in total. The Balaban J connectivity index is 1.21. The molecule has 4 heteroatoms. The summed E-state index contributed by atoms with van der Waals surface area (Å²) >= 11 is 0. The van der Waals surface area contributed by atoms with Crippen molar-refractivity contribution in [1.29, 1.82) is 0 Å². The number of rotatable bonds is 3. The third-order valence-corrected chi connectivity index (χ3v) is 11.5. The normalized spacial score (nSPS) is 18.6. The monoisotopic (exact) mass is 660 g/mol. The van der Waals surface area contributed by atoms with Gasteiger partial charge in [0, 0.05) is 46.3 Å². The van der Waals surface area contributed by atoms with Gasteiger partial charge in [0.15, 0.2) is 11.3 Å². The molecule has 1 atom stereocenters. The molecule has 1 saturated heterocycles. The zero-order valence-electron chi connectivity index (χ0n) is 28.7. The van der Waals surface area contributed by atoms with Crippen LogP contribution < -0.4 is 9.64 Å². The van der Waals surface area contributed by atoms with Gasteiger partial charge >= 0.3 is 0 Å². The maximum atomic E-state index is 7.73. The van der Waals surface area contributed by atoms with E-state index >= 15 is 0 Å². The summed E-state index contributed by atoms with van der Waals surface area (Å²) in [5.74, 6) is 0.897. The van der Waals surface area contributed by atoms with Crippen LogP contribution in [0.5, 0.6) is 5.75 Å². The van der Waals surface area contributed by atoms with Gasteiger partial charge in [-0.2, -0.15) is 0 Å². The van der Waals surface area contributed by atoms with E-state index in [1.54, 1.807) is 0 Å². The number of morpholine rings is 1. The fourth-order valence-corrected chi connectivity index (χ4v) is 8.95. The highest BCUT2D eigenvalue weighted by Gasteiger charge is 2.44. The fourth-order valence-electron chi connectivity index (χ4n) is 8.95.